The molecule has 1 atom stereocenters. The average molecular weight is 591 g/mol. The van der Waals surface area contributed by atoms with Crippen LogP contribution in [0.4, 0.5) is 10.2 Å². The number of oxazole rings is 1. The van der Waals surface area contributed by atoms with Crippen molar-refractivity contribution in [2.75, 3.05) is 18.4 Å². The van der Waals surface area contributed by atoms with Crippen molar-refractivity contribution in [3.8, 4) is 5.75 Å². The molecule has 2 aliphatic rings. The van der Waals surface area contributed by atoms with Gasteiger partial charge in [-0.1, -0.05) is 17.7 Å². The highest BCUT2D eigenvalue weighted by molar-refractivity contribution is 7.59. The van der Waals surface area contributed by atoms with Crippen molar-refractivity contribution in [3.63, 3.8) is 0 Å². The third-order valence-electron chi connectivity index (χ3n) is 7.49. The van der Waals surface area contributed by atoms with Crippen LogP contribution < -0.4 is 10.1 Å². The molecule has 8 nitrogen and oxygen atoms in total. The SMILES string of the molecule is O=C(CC[C@H](O)CN1CCc2c(ccc(OCc3cnco3)c2Cl)C1)c1ccnc(NC2CCC(F)CC2)c1.S. The molecule has 1 fully saturated rings. The number of aliphatic hydroxyl groups is 1. The van der Waals surface area contributed by atoms with Crippen LogP contribution in [-0.4, -0.2) is 57.2 Å². The standard InChI is InChI=1S/C29H34ClFN4O4.H2S/c30-29-25-10-12-35(15-20(25)1-8-27(29)38-17-24-14-32-18-39-24)16-23(36)6-7-26(37)19-9-11-33-28(13-19)34-22-4-2-21(31)3-5-22;/h1,8-9,11,13-14,18,21-23,36H,2-7,10,12,15-17H2,(H,33,34);1H2/t21?,22?,23-;/m0./s1. The van der Waals surface area contributed by atoms with E-state index in [0.717, 1.165) is 36.9 Å². The smallest absolute Gasteiger partial charge is 0.181 e. The lowest BCUT2D eigenvalue weighted by Gasteiger charge is -2.31. The molecule has 1 aliphatic carbocycles. The van der Waals surface area contributed by atoms with Crippen molar-refractivity contribution in [2.24, 2.45) is 0 Å². The molecule has 2 aromatic heterocycles. The molecule has 0 unspecified atom stereocenters. The number of halogens is 2. The zero-order valence-corrected chi connectivity index (χ0v) is 24.1. The molecule has 3 aromatic rings. The fraction of sp³-hybridized carbons (Fsp3) is 0.483. The van der Waals surface area contributed by atoms with Gasteiger partial charge in [0.1, 0.15) is 24.3 Å². The normalized spacial score (nSPS) is 19.8. The van der Waals surface area contributed by atoms with Crippen molar-refractivity contribution in [1.29, 1.82) is 0 Å². The molecule has 216 valence electrons. The number of hydrogen-bond donors (Lipinski definition) is 2. The molecule has 11 heteroatoms. The predicted octanol–water partition coefficient (Wildman–Crippen LogP) is 5.49. The summed E-state index contributed by atoms with van der Waals surface area (Å²) >= 11 is 6.63. The lowest BCUT2D eigenvalue weighted by atomic mass is 9.94. The first kappa shape index (κ1) is 30.3. The highest BCUT2D eigenvalue weighted by atomic mass is 35.5. The van der Waals surface area contributed by atoms with Crippen LogP contribution in [0.3, 0.4) is 0 Å². The molecule has 1 aliphatic heterocycles. The molecule has 0 radical (unpaired) electrons. The highest BCUT2D eigenvalue weighted by Gasteiger charge is 2.24. The number of nitrogens with one attached hydrogen (secondary N) is 1. The predicted molar refractivity (Wildman–Crippen MR) is 156 cm³/mol. The van der Waals surface area contributed by atoms with E-state index in [0.29, 0.717) is 60.3 Å². The maximum Gasteiger partial charge on any atom is 0.181 e. The summed E-state index contributed by atoms with van der Waals surface area (Å²) in [7, 11) is 0. The van der Waals surface area contributed by atoms with Crippen LogP contribution in [0.5, 0.6) is 5.75 Å². The minimum Gasteiger partial charge on any atom is -0.484 e. The van der Waals surface area contributed by atoms with E-state index in [1.165, 1.54) is 6.39 Å². The summed E-state index contributed by atoms with van der Waals surface area (Å²) in [5.74, 6) is 1.85. The molecule has 2 N–H and O–H groups in total. The Labute approximate surface area is 245 Å². The van der Waals surface area contributed by atoms with Gasteiger partial charge >= 0.3 is 0 Å². The lowest BCUT2D eigenvalue weighted by Crippen LogP contribution is -2.37. The molecular weight excluding hydrogens is 555 g/mol. The van der Waals surface area contributed by atoms with Gasteiger partial charge in [0.05, 0.1) is 17.3 Å². The number of Topliss-reactive ketones (excluding diaryl/α,β-unsaturated/α-hetero) is 1. The largest absolute Gasteiger partial charge is 0.484 e. The highest BCUT2D eigenvalue weighted by Crippen LogP contribution is 2.34. The van der Waals surface area contributed by atoms with Crippen molar-refractivity contribution in [3.05, 3.63) is 70.5 Å². The number of alkyl halides is 1. The number of anilines is 1. The Morgan fingerprint density at radius 3 is 2.88 bits per heavy atom. The Bertz CT molecular complexity index is 1260. The van der Waals surface area contributed by atoms with E-state index in [1.54, 1.807) is 24.5 Å². The molecule has 1 aromatic carbocycles. The van der Waals surface area contributed by atoms with Crippen LogP contribution in [0.25, 0.3) is 0 Å². The zero-order chi connectivity index (χ0) is 27.2. The summed E-state index contributed by atoms with van der Waals surface area (Å²) < 4.78 is 24.4. The topological polar surface area (TPSA) is 101 Å². The van der Waals surface area contributed by atoms with Crippen molar-refractivity contribution in [1.82, 2.24) is 14.9 Å². The van der Waals surface area contributed by atoms with Gasteiger partial charge in [0.2, 0.25) is 0 Å². The van der Waals surface area contributed by atoms with Crippen LogP contribution in [0.2, 0.25) is 5.02 Å². The molecule has 40 heavy (non-hydrogen) atoms. The summed E-state index contributed by atoms with van der Waals surface area (Å²) in [6.07, 6.45) is 7.28. The number of aromatic nitrogens is 2. The molecule has 3 heterocycles. The van der Waals surface area contributed by atoms with Gasteiger partial charge in [-0.3, -0.25) is 9.69 Å². The number of ether oxygens (including phenoxy) is 1. The van der Waals surface area contributed by atoms with E-state index < -0.39 is 12.3 Å². The minimum absolute atomic E-state index is 0. The lowest BCUT2D eigenvalue weighted by molar-refractivity contribution is 0.0836. The minimum atomic E-state index is -0.711. The Hall–Kier alpha value is -2.66. The Morgan fingerprint density at radius 1 is 1.27 bits per heavy atom. The van der Waals surface area contributed by atoms with Gasteiger partial charge in [-0.25, -0.2) is 14.4 Å². The third kappa shape index (κ3) is 7.96. The van der Waals surface area contributed by atoms with E-state index >= 15 is 0 Å². The van der Waals surface area contributed by atoms with Crippen molar-refractivity contribution in [2.45, 2.75) is 76.4 Å². The first-order valence-corrected chi connectivity index (χ1v) is 13.9. The summed E-state index contributed by atoms with van der Waals surface area (Å²) in [5.41, 5.74) is 2.74. The van der Waals surface area contributed by atoms with Gasteiger partial charge in [0, 0.05) is 43.9 Å². The summed E-state index contributed by atoms with van der Waals surface area (Å²) in [4.78, 5) is 23.2. The molecule has 0 amide bonds. The van der Waals surface area contributed by atoms with Crippen LogP contribution in [0.15, 0.2) is 47.5 Å². The number of hydrogen-bond acceptors (Lipinski definition) is 8. The number of ketones is 1. The van der Waals surface area contributed by atoms with Gasteiger partial charge in [-0.05, 0) is 67.9 Å². The van der Waals surface area contributed by atoms with E-state index in [9.17, 15) is 14.3 Å². The van der Waals surface area contributed by atoms with Gasteiger partial charge in [0.25, 0.3) is 0 Å². The fourth-order valence-corrected chi connectivity index (χ4v) is 5.63. The first-order valence-electron chi connectivity index (χ1n) is 13.6. The van der Waals surface area contributed by atoms with E-state index in [-0.39, 0.29) is 38.3 Å². The van der Waals surface area contributed by atoms with Crippen LogP contribution in [0, 0.1) is 0 Å². The molecular formula is C29H36ClFN4O4S. The van der Waals surface area contributed by atoms with Crippen LogP contribution >= 0.6 is 25.1 Å². The molecule has 0 bridgehead atoms. The van der Waals surface area contributed by atoms with E-state index in [4.69, 9.17) is 20.8 Å². The van der Waals surface area contributed by atoms with Crippen molar-refractivity contribution < 1.29 is 23.4 Å². The second kappa shape index (κ2) is 14.3. The number of pyridine rings is 1. The van der Waals surface area contributed by atoms with E-state index in [1.807, 2.05) is 12.1 Å². The molecule has 0 spiro atoms. The number of fused-ring (bicyclic) bond motifs is 1. The maximum absolute atomic E-state index is 13.4. The number of rotatable bonds is 11. The molecule has 5 rings (SSSR count). The van der Waals surface area contributed by atoms with Gasteiger partial charge in [-0.15, -0.1) is 0 Å². The molecule has 0 saturated heterocycles. The van der Waals surface area contributed by atoms with Crippen LogP contribution in [0.1, 0.15) is 65.8 Å². The first-order chi connectivity index (χ1) is 18.9. The number of carbonyl (C=O) groups is 1. The number of benzene rings is 1. The second-order valence-electron chi connectivity index (χ2n) is 10.4. The maximum atomic E-state index is 13.4. The van der Waals surface area contributed by atoms with Gasteiger partial charge in [0.15, 0.2) is 17.9 Å². The second-order valence-corrected chi connectivity index (χ2v) is 10.8. The average Bonchev–Trinajstić information content (AvgIpc) is 3.47. The Morgan fingerprint density at radius 2 is 2.10 bits per heavy atom. The Balaban J connectivity index is 0.00000370. The van der Waals surface area contributed by atoms with Gasteiger partial charge < -0.3 is 19.6 Å². The zero-order valence-electron chi connectivity index (χ0n) is 22.3. The summed E-state index contributed by atoms with van der Waals surface area (Å²) in [6, 6.07) is 7.51. The third-order valence-corrected chi connectivity index (χ3v) is 7.91. The van der Waals surface area contributed by atoms with Gasteiger partial charge in [-0.2, -0.15) is 13.5 Å². The monoisotopic (exact) mass is 590 g/mol. The van der Waals surface area contributed by atoms with E-state index in [2.05, 4.69) is 20.2 Å². The fourth-order valence-electron chi connectivity index (χ4n) is 5.30. The quantitative estimate of drug-likeness (QED) is 0.283. The number of carbonyl (C=O) groups excluding carboxylic acids is 1. The van der Waals surface area contributed by atoms with Crippen LogP contribution in [-0.2, 0) is 19.6 Å². The summed E-state index contributed by atoms with van der Waals surface area (Å²) in [5, 5.41) is 14.6. The number of nitrogens with zero attached hydrogens (tertiary/aromatic N) is 3. The van der Waals surface area contributed by atoms with Crippen molar-refractivity contribution >= 4 is 36.7 Å². The Kier molecular flexibility index (Phi) is 10.8. The molecule has 1 saturated carbocycles. The number of aliphatic hydroxyl groups excluding tert-OH is 1. The summed E-state index contributed by atoms with van der Waals surface area (Å²) in [6.45, 7) is 2.17. The number of β-amino-alcohol motifs (C(OH)–C–C–N with tert-alkyl or cyclic N) is 1.